The number of amides is 1. The summed E-state index contributed by atoms with van der Waals surface area (Å²) in [4.78, 5) is 27.5. The maximum Gasteiger partial charge on any atom is 0.288 e. The number of alkyl halides is 1. The van der Waals surface area contributed by atoms with E-state index < -0.39 is 17.0 Å². The highest BCUT2D eigenvalue weighted by molar-refractivity contribution is 5.97. The molecule has 100 valence electrons. The predicted octanol–water partition coefficient (Wildman–Crippen LogP) is 0.935. The van der Waals surface area contributed by atoms with E-state index in [4.69, 9.17) is 4.74 Å². The number of aromatic nitrogens is 1. The Morgan fingerprint density at radius 2 is 2.37 bits per heavy atom. The van der Waals surface area contributed by atoms with Crippen molar-refractivity contribution in [3.05, 3.63) is 27.9 Å². The number of carbonyl (C=O) groups excluding carboxylic acids is 1. The third-order valence-corrected chi connectivity index (χ3v) is 3.31. The van der Waals surface area contributed by atoms with Gasteiger partial charge in [0.15, 0.2) is 0 Å². The molecule has 2 atom stereocenters. The Hall–Kier alpha value is -2.25. The first-order valence-electron chi connectivity index (χ1n) is 5.78. The van der Waals surface area contributed by atoms with Gasteiger partial charge in [-0.2, -0.15) is 0 Å². The van der Waals surface area contributed by atoms with Gasteiger partial charge in [-0.05, 0) is 0 Å². The summed E-state index contributed by atoms with van der Waals surface area (Å²) >= 11 is 0. The van der Waals surface area contributed by atoms with Gasteiger partial charge < -0.3 is 9.64 Å². The predicted molar refractivity (Wildman–Crippen MR) is 60.7 cm³/mol. The van der Waals surface area contributed by atoms with Crippen LogP contribution in [0.25, 0.3) is 0 Å². The number of hydrogen-bond acceptors (Lipinski definition) is 5. The maximum atomic E-state index is 13.3. The number of carbonyl (C=O) groups is 1. The summed E-state index contributed by atoms with van der Waals surface area (Å²) in [7, 11) is 0. The molecule has 0 spiro atoms. The van der Waals surface area contributed by atoms with E-state index in [0.29, 0.717) is 0 Å². The highest BCUT2D eigenvalue weighted by Crippen LogP contribution is 2.31. The first kappa shape index (κ1) is 11.8. The lowest BCUT2D eigenvalue weighted by Crippen LogP contribution is -2.36. The molecule has 1 amide bonds. The molecule has 2 aliphatic heterocycles. The van der Waals surface area contributed by atoms with Gasteiger partial charge in [0.1, 0.15) is 24.5 Å². The molecule has 3 heterocycles. The fourth-order valence-electron chi connectivity index (χ4n) is 2.41. The van der Waals surface area contributed by atoms with Gasteiger partial charge >= 0.3 is 0 Å². The third-order valence-electron chi connectivity index (χ3n) is 3.31. The lowest BCUT2D eigenvalue weighted by molar-refractivity contribution is -0.385. The topological polar surface area (TPSA) is 85.6 Å². The molecule has 0 N–H and O–H groups in total. The van der Waals surface area contributed by atoms with Gasteiger partial charge in [-0.25, -0.2) is 9.37 Å². The molecule has 3 rings (SSSR count). The molecule has 0 bridgehead atoms. The van der Waals surface area contributed by atoms with Crippen LogP contribution in [0.2, 0.25) is 0 Å². The number of pyridine rings is 1. The fraction of sp³-hybridized carbons (Fsp3) is 0.455. The molecule has 7 nitrogen and oxygen atoms in total. The van der Waals surface area contributed by atoms with Crippen LogP contribution in [0.15, 0.2) is 12.3 Å². The summed E-state index contributed by atoms with van der Waals surface area (Å²) in [6.07, 6.45) is 0.188. The number of nitro groups is 1. The second-order valence-electron chi connectivity index (χ2n) is 4.56. The summed E-state index contributed by atoms with van der Waals surface area (Å²) in [6, 6.07) is 0.786. The molecule has 0 radical (unpaired) electrons. The van der Waals surface area contributed by atoms with Crippen LogP contribution in [0, 0.1) is 10.1 Å². The van der Waals surface area contributed by atoms with Crippen molar-refractivity contribution >= 4 is 11.6 Å². The zero-order chi connectivity index (χ0) is 13.6. The molecule has 1 fully saturated rings. The average molecular weight is 267 g/mol. The normalized spacial score (nSPS) is 25.3. The highest BCUT2D eigenvalue weighted by Gasteiger charge is 2.40. The van der Waals surface area contributed by atoms with Crippen molar-refractivity contribution in [2.75, 3.05) is 13.2 Å². The molecule has 0 aromatic carbocycles. The first-order chi connectivity index (χ1) is 9.06. The minimum atomic E-state index is -1.08. The monoisotopic (exact) mass is 267 g/mol. The Balaban J connectivity index is 2.02. The van der Waals surface area contributed by atoms with Gasteiger partial charge in [0.25, 0.3) is 11.6 Å². The van der Waals surface area contributed by atoms with Crippen LogP contribution in [0.5, 0.6) is 5.88 Å². The van der Waals surface area contributed by atoms with Gasteiger partial charge in [-0.3, -0.25) is 14.9 Å². The zero-order valence-electron chi connectivity index (χ0n) is 9.78. The summed E-state index contributed by atoms with van der Waals surface area (Å²) in [5, 5.41) is 10.7. The molecule has 0 aliphatic carbocycles. The van der Waals surface area contributed by atoms with Crippen molar-refractivity contribution in [2.24, 2.45) is 0 Å². The average Bonchev–Trinajstić information content (AvgIpc) is 2.71. The van der Waals surface area contributed by atoms with E-state index >= 15 is 0 Å². The summed E-state index contributed by atoms with van der Waals surface area (Å²) in [5.74, 6) is -0.394. The van der Waals surface area contributed by atoms with E-state index in [2.05, 4.69) is 4.98 Å². The Bertz CT molecular complexity index is 565. The van der Waals surface area contributed by atoms with Crippen molar-refractivity contribution in [1.29, 1.82) is 0 Å². The molecular weight excluding hydrogens is 257 g/mol. The lowest BCUT2D eigenvalue weighted by Gasteiger charge is -2.19. The molecule has 2 aliphatic rings. The largest absolute Gasteiger partial charge is 0.475 e. The van der Waals surface area contributed by atoms with Crippen LogP contribution in [0.3, 0.4) is 0 Å². The van der Waals surface area contributed by atoms with Crippen molar-refractivity contribution in [3.63, 3.8) is 0 Å². The van der Waals surface area contributed by atoms with Crippen LogP contribution < -0.4 is 4.74 Å². The van der Waals surface area contributed by atoms with E-state index in [1.165, 1.54) is 4.90 Å². The van der Waals surface area contributed by atoms with Crippen molar-refractivity contribution in [2.45, 2.75) is 18.6 Å². The summed E-state index contributed by atoms with van der Waals surface area (Å²) in [6.45, 7) is 0.152. The maximum absolute atomic E-state index is 13.3. The van der Waals surface area contributed by atoms with E-state index in [0.717, 1.165) is 12.3 Å². The minimum absolute atomic E-state index is 0.00497. The Morgan fingerprint density at radius 1 is 1.58 bits per heavy atom. The van der Waals surface area contributed by atoms with Crippen LogP contribution in [0.1, 0.15) is 16.8 Å². The van der Waals surface area contributed by atoms with Crippen molar-refractivity contribution in [1.82, 2.24) is 9.88 Å². The zero-order valence-corrected chi connectivity index (χ0v) is 9.78. The molecule has 1 aromatic heterocycles. The van der Waals surface area contributed by atoms with E-state index in [9.17, 15) is 19.3 Å². The SMILES string of the molecule is O=C1c2cc([N+](=O)[O-])cnc2OC[C@H]2C[C@H](F)CN12. The number of halogens is 1. The molecule has 1 saturated heterocycles. The van der Waals surface area contributed by atoms with Gasteiger partial charge in [-0.15, -0.1) is 0 Å². The molecule has 19 heavy (non-hydrogen) atoms. The molecular formula is C11H10FN3O4. The number of nitrogens with zero attached hydrogens (tertiary/aromatic N) is 3. The van der Waals surface area contributed by atoms with Gasteiger partial charge in [0, 0.05) is 12.5 Å². The molecule has 8 heteroatoms. The number of ether oxygens (including phenoxy) is 1. The summed E-state index contributed by atoms with van der Waals surface area (Å²) in [5.41, 5.74) is -0.268. The number of rotatable bonds is 1. The van der Waals surface area contributed by atoms with Crippen molar-refractivity contribution in [3.8, 4) is 5.88 Å². The number of fused-ring (bicyclic) bond motifs is 2. The fourth-order valence-corrected chi connectivity index (χ4v) is 2.41. The molecule has 0 saturated carbocycles. The minimum Gasteiger partial charge on any atom is -0.475 e. The van der Waals surface area contributed by atoms with E-state index in [1.807, 2.05) is 0 Å². The van der Waals surface area contributed by atoms with Gasteiger partial charge in [0.2, 0.25) is 5.88 Å². The second kappa shape index (κ2) is 4.15. The van der Waals surface area contributed by atoms with Gasteiger partial charge in [-0.1, -0.05) is 0 Å². The van der Waals surface area contributed by atoms with Crippen LogP contribution in [0.4, 0.5) is 10.1 Å². The number of hydrogen-bond donors (Lipinski definition) is 0. The van der Waals surface area contributed by atoms with Crippen LogP contribution in [-0.4, -0.2) is 46.1 Å². The Kier molecular flexibility index (Phi) is 2.58. The van der Waals surface area contributed by atoms with E-state index in [-0.39, 0.29) is 42.7 Å². The standard InChI is InChI=1S/C11H10FN3O4/c12-6-1-8-5-19-10-9(11(16)14(8)4-6)2-7(3-13-10)15(17)18/h2-3,6,8H,1,4-5H2/t6-,8+/m0/s1. The lowest BCUT2D eigenvalue weighted by atomic mass is 10.2. The molecule has 1 aromatic rings. The Labute approximate surface area is 107 Å². The second-order valence-corrected chi connectivity index (χ2v) is 4.56. The van der Waals surface area contributed by atoms with E-state index in [1.54, 1.807) is 0 Å². The van der Waals surface area contributed by atoms with Crippen LogP contribution in [-0.2, 0) is 0 Å². The molecule has 0 unspecified atom stereocenters. The summed E-state index contributed by atoms with van der Waals surface area (Å²) < 4.78 is 18.7. The first-order valence-corrected chi connectivity index (χ1v) is 5.78. The quantitative estimate of drug-likeness (QED) is 0.558. The van der Waals surface area contributed by atoms with Crippen molar-refractivity contribution < 1.29 is 18.8 Å². The van der Waals surface area contributed by atoms with Crippen LogP contribution >= 0.6 is 0 Å². The highest BCUT2D eigenvalue weighted by atomic mass is 19.1. The third kappa shape index (κ3) is 1.88. The smallest absolute Gasteiger partial charge is 0.288 e. The van der Waals surface area contributed by atoms with Gasteiger partial charge in [0.05, 0.1) is 17.5 Å². The Morgan fingerprint density at radius 3 is 3.11 bits per heavy atom.